The fourth-order valence-corrected chi connectivity index (χ4v) is 1.76. The molecule has 1 rings (SSSR count). The molecular weight excluding hydrogens is 271 g/mol. The number of thiol groups is 1. The number of halogens is 1. The number of benzene rings is 1. The fraction of sp³-hybridized carbons (Fsp3) is 0.250. The predicted octanol–water partition coefficient (Wildman–Crippen LogP) is 2.90. The first-order chi connectivity index (χ1) is 5.16. The van der Waals surface area contributed by atoms with Crippen LogP contribution in [0.25, 0.3) is 0 Å². The number of methoxy groups -OCH3 is 1. The molecule has 60 valence electrons. The highest BCUT2D eigenvalue weighted by atomic mass is 127. The van der Waals surface area contributed by atoms with Crippen LogP contribution in [-0.2, 0) is 0 Å². The van der Waals surface area contributed by atoms with E-state index in [1.807, 2.05) is 19.1 Å². The predicted molar refractivity (Wildman–Crippen MR) is 57.7 cm³/mol. The number of ether oxygens (including phenoxy) is 1. The molecule has 0 aromatic heterocycles. The van der Waals surface area contributed by atoms with Crippen molar-refractivity contribution >= 4 is 35.2 Å². The molecule has 0 unspecified atom stereocenters. The van der Waals surface area contributed by atoms with Gasteiger partial charge in [-0.2, -0.15) is 0 Å². The van der Waals surface area contributed by atoms with Crippen molar-refractivity contribution in [2.24, 2.45) is 0 Å². The second kappa shape index (κ2) is 3.67. The van der Waals surface area contributed by atoms with Crippen LogP contribution >= 0.6 is 35.2 Å². The van der Waals surface area contributed by atoms with Crippen molar-refractivity contribution in [1.29, 1.82) is 0 Å². The van der Waals surface area contributed by atoms with Gasteiger partial charge in [0.15, 0.2) is 0 Å². The van der Waals surface area contributed by atoms with Crippen LogP contribution in [0, 0.1) is 10.5 Å². The van der Waals surface area contributed by atoms with Gasteiger partial charge in [-0.25, -0.2) is 0 Å². The summed E-state index contributed by atoms with van der Waals surface area (Å²) < 4.78 is 6.32. The molecular formula is C8H9IOS. The number of hydrogen-bond acceptors (Lipinski definition) is 2. The van der Waals surface area contributed by atoms with E-state index >= 15 is 0 Å². The third-order valence-corrected chi connectivity index (χ3v) is 3.27. The van der Waals surface area contributed by atoms with Gasteiger partial charge in [-0.1, -0.05) is 0 Å². The molecule has 11 heavy (non-hydrogen) atoms. The van der Waals surface area contributed by atoms with Gasteiger partial charge in [0.1, 0.15) is 5.75 Å². The minimum atomic E-state index is 0.839. The highest BCUT2D eigenvalue weighted by molar-refractivity contribution is 14.1. The zero-order valence-corrected chi connectivity index (χ0v) is 9.44. The van der Waals surface area contributed by atoms with Crippen LogP contribution in [0.3, 0.4) is 0 Å². The Kier molecular flexibility index (Phi) is 3.06. The first-order valence-electron chi connectivity index (χ1n) is 3.19. The van der Waals surface area contributed by atoms with Crippen molar-refractivity contribution in [2.75, 3.05) is 7.11 Å². The lowest BCUT2D eigenvalue weighted by atomic mass is 10.2. The lowest BCUT2D eigenvalue weighted by Crippen LogP contribution is -1.89. The Labute approximate surface area is 85.7 Å². The molecule has 0 aliphatic rings. The van der Waals surface area contributed by atoms with Crippen LogP contribution in [-0.4, -0.2) is 7.11 Å². The Bertz CT molecular complexity index is 273. The van der Waals surface area contributed by atoms with Gasteiger partial charge in [-0.3, -0.25) is 0 Å². The Morgan fingerprint density at radius 1 is 1.45 bits per heavy atom. The first-order valence-corrected chi connectivity index (χ1v) is 4.71. The quantitative estimate of drug-likeness (QED) is 0.614. The molecule has 0 bridgehead atoms. The van der Waals surface area contributed by atoms with E-state index in [9.17, 15) is 0 Å². The van der Waals surface area contributed by atoms with E-state index in [0.29, 0.717) is 0 Å². The molecule has 1 aromatic rings. The molecule has 3 heteroatoms. The second-order valence-electron chi connectivity index (χ2n) is 2.22. The zero-order chi connectivity index (χ0) is 8.43. The zero-order valence-electron chi connectivity index (χ0n) is 6.39. The fourth-order valence-electron chi connectivity index (χ4n) is 0.815. The van der Waals surface area contributed by atoms with Gasteiger partial charge >= 0.3 is 0 Å². The lowest BCUT2D eigenvalue weighted by molar-refractivity contribution is 0.404. The summed E-state index contributed by atoms with van der Waals surface area (Å²) in [6.45, 7) is 2.03. The summed E-state index contributed by atoms with van der Waals surface area (Å²) in [4.78, 5) is 0.930. The molecule has 0 atom stereocenters. The van der Waals surface area contributed by atoms with Crippen molar-refractivity contribution in [3.05, 3.63) is 21.3 Å². The van der Waals surface area contributed by atoms with E-state index in [2.05, 4.69) is 35.2 Å². The van der Waals surface area contributed by atoms with Crippen LogP contribution in [0.15, 0.2) is 17.0 Å². The molecule has 1 nitrogen and oxygen atoms in total. The summed E-state index contributed by atoms with van der Waals surface area (Å²) in [5, 5.41) is 0. The molecule has 0 aliphatic heterocycles. The van der Waals surface area contributed by atoms with Crippen LogP contribution in [0.1, 0.15) is 5.56 Å². The van der Waals surface area contributed by atoms with Gasteiger partial charge in [-0.05, 0) is 47.2 Å². The van der Waals surface area contributed by atoms with Crippen LogP contribution in [0.5, 0.6) is 5.75 Å². The van der Waals surface area contributed by atoms with Gasteiger partial charge in [-0.15, -0.1) is 12.6 Å². The molecule has 0 amide bonds. The van der Waals surface area contributed by atoms with E-state index < -0.39 is 0 Å². The van der Waals surface area contributed by atoms with Crippen LogP contribution in [0.2, 0.25) is 0 Å². The lowest BCUT2D eigenvalue weighted by Gasteiger charge is -2.07. The monoisotopic (exact) mass is 280 g/mol. The standard InChI is InChI=1S/C8H9IOS/c1-5-6(9)3-4-7(10-2)8(5)11/h3-4,11H,1-2H3. The molecule has 0 saturated heterocycles. The summed E-state index contributed by atoms with van der Waals surface area (Å²) in [6.07, 6.45) is 0. The topological polar surface area (TPSA) is 9.23 Å². The summed E-state index contributed by atoms with van der Waals surface area (Å²) >= 11 is 6.61. The highest BCUT2D eigenvalue weighted by Crippen LogP contribution is 2.28. The van der Waals surface area contributed by atoms with Gasteiger partial charge in [0.2, 0.25) is 0 Å². The summed E-state index contributed by atoms with van der Waals surface area (Å²) in [6, 6.07) is 3.95. The van der Waals surface area contributed by atoms with Crippen molar-refractivity contribution in [3.8, 4) is 5.75 Å². The average Bonchev–Trinajstić information content (AvgIpc) is 2.01. The Morgan fingerprint density at radius 3 is 2.64 bits per heavy atom. The SMILES string of the molecule is COc1ccc(I)c(C)c1S. The first kappa shape index (κ1) is 9.19. The summed E-state index contributed by atoms with van der Waals surface area (Å²) in [7, 11) is 1.65. The Balaban J connectivity index is 3.25. The van der Waals surface area contributed by atoms with E-state index in [1.165, 1.54) is 9.13 Å². The van der Waals surface area contributed by atoms with E-state index in [-0.39, 0.29) is 0 Å². The van der Waals surface area contributed by atoms with E-state index in [1.54, 1.807) is 7.11 Å². The Morgan fingerprint density at radius 2 is 2.09 bits per heavy atom. The van der Waals surface area contributed by atoms with Crippen molar-refractivity contribution in [2.45, 2.75) is 11.8 Å². The minimum absolute atomic E-state index is 0.839. The van der Waals surface area contributed by atoms with Gasteiger partial charge < -0.3 is 4.74 Å². The normalized spacial score (nSPS) is 9.82. The third-order valence-electron chi connectivity index (χ3n) is 1.55. The maximum atomic E-state index is 5.10. The number of rotatable bonds is 1. The smallest absolute Gasteiger partial charge is 0.132 e. The molecule has 0 heterocycles. The second-order valence-corrected chi connectivity index (χ2v) is 3.83. The van der Waals surface area contributed by atoms with Crippen molar-refractivity contribution in [3.63, 3.8) is 0 Å². The van der Waals surface area contributed by atoms with Gasteiger partial charge in [0.25, 0.3) is 0 Å². The van der Waals surface area contributed by atoms with E-state index in [4.69, 9.17) is 4.74 Å². The van der Waals surface area contributed by atoms with Crippen molar-refractivity contribution in [1.82, 2.24) is 0 Å². The molecule has 0 aliphatic carbocycles. The van der Waals surface area contributed by atoms with E-state index in [0.717, 1.165) is 10.6 Å². The van der Waals surface area contributed by atoms with Crippen LogP contribution in [0.4, 0.5) is 0 Å². The Hall–Kier alpha value is 0.1000. The maximum absolute atomic E-state index is 5.10. The van der Waals surface area contributed by atoms with Crippen molar-refractivity contribution < 1.29 is 4.74 Å². The number of hydrogen-bond donors (Lipinski definition) is 1. The average molecular weight is 280 g/mol. The molecule has 0 radical (unpaired) electrons. The molecule has 0 fully saturated rings. The highest BCUT2D eigenvalue weighted by Gasteiger charge is 2.03. The van der Waals surface area contributed by atoms with Gasteiger partial charge in [0.05, 0.1) is 12.0 Å². The minimum Gasteiger partial charge on any atom is -0.496 e. The summed E-state index contributed by atoms with van der Waals surface area (Å²) in [5.74, 6) is 0.839. The molecule has 0 spiro atoms. The molecule has 1 aromatic carbocycles. The maximum Gasteiger partial charge on any atom is 0.132 e. The summed E-state index contributed by atoms with van der Waals surface area (Å²) in [5.41, 5.74) is 1.17. The third kappa shape index (κ3) is 1.82. The largest absolute Gasteiger partial charge is 0.496 e. The van der Waals surface area contributed by atoms with Gasteiger partial charge in [0, 0.05) is 3.57 Å². The molecule has 0 N–H and O–H groups in total. The van der Waals surface area contributed by atoms with Crippen LogP contribution < -0.4 is 4.74 Å². The molecule has 0 saturated carbocycles.